The molecule has 0 aliphatic heterocycles. The summed E-state index contributed by atoms with van der Waals surface area (Å²) in [4.78, 5) is 1.16. The smallest absolute Gasteiger partial charge is 0.120 e. The van der Waals surface area contributed by atoms with Crippen LogP contribution in [0, 0.1) is 0 Å². The number of hydrogen-bond donors (Lipinski definition) is 0. The Hall–Kier alpha value is -1.03. The second-order valence-corrected chi connectivity index (χ2v) is 7.07. The number of alkyl halides is 1. The first kappa shape index (κ1) is 14.9. The Morgan fingerprint density at radius 3 is 2.71 bits per heavy atom. The average molecular weight is 382 g/mol. The molecule has 0 aliphatic carbocycles. The highest BCUT2D eigenvalue weighted by molar-refractivity contribution is 9.10. The molecule has 0 N–H and O–H groups in total. The normalized spacial score (nSPS) is 12.5. The Bertz CT molecular complexity index is 735. The molecule has 0 spiro atoms. The maximum absolute atomic E-state index is 6.68. The number of halogens is 2. The van der Waals surface area contributed by atoms with Crippen LogP contribution in [0.15, 0.2) is 53.0 Å². The van der Waals surface area contributed by atoms with Gasteiger partial charge in [0, 0.05) is 14.0 Å². The van der Waals surface area contributed by atoms with E-state index in [2.05, 4.69) is 46.3 Å². The summed E-state index contributed by atoms with van der Waals surface area (Å²) in [6.45, 7) is 2.63. The van der Waals surface area contributed by atoms with Crippen molar-refractivity contribution < 1.29 is 4.74 Å². The lowest BCUT2D eigenvalue weighted by Crippen LogP contribution is -1.95. The first-order valence-electron chi connectivity index (χ1n) is 6.74. The van der Waals surface area contributed by atoms with Crippen LogP contribution in [0.3, 0.4) is 0 Å². The third-order valence-corrected chi connectivity index (χ3v) is 5.72. The number of benzene rings is 2. The van der Waals surface area contributed by atoms with Crippen molar-refractivity contribution in [3.8, 4) is 5.75 Å². The number of fused-ring (bicyclic) bond motifs is 1. The fourth-order valence-corrected chi connectivity index (χ4v) is 4.42. The quantitative estimate of drug-likeness (QED) is 0.476. The fraction of sp³-hybridized carbons (Fsp3) is 0.176. The Kier molecular flexibility index (Phi) is 4.53. The second kappa shape index (κ2) is 6.39. The van der Waals surface area contributed by atoms with Gasteiger partial charge in [-0.05, 0) is 42.1 Å². The van der Waals surface area contributed by atoms with Crippen LogP contribution in [0.4, 0.5) is 0 Å². The third-order valence-electron chi connectivity index (χ3n) is 3.25. The molecule has 1 nitrogen and oxygen atoms in total. The van der Waals surface area contributed by atoms with Gasteiger partial charge in [-0.25, -0.2) is 0 Å². The van der Waals surface area contributed by atoms with Gasteiger partial charge in [-0.15, -0.1) is 22.9 Å². The summed E-state index contributed by atoms with van der Waals surface area (Å²) >= 11 is 12.0. The van der Waals surface area contributed by atoms with Crippen molar-refractivity contribution in [2.75, 3.05) is 6.61 Å². The van der Waals surface area contributed by atoms with E-state index < -0.39 is 0 Å². The average Bonchev–Trinajstić information content (AvgIpc) is 2.91. The van der Waals surface area contributed by atoms with Gasteiger partial charge in [-0.3, -0.25) is 0 Å². The number of thiophene rings is 1. The van der Waals surface area contributed by atoms with Crippen LogP contribution in [0.2, 0.25) is 0 Å². The topological polar surface area (TPSA) is 9.23 Å². The van der Waals surface area contributed by atoms with Crippen LogP contribution in [-0.2, 0) is 0 Å². The SMILES string of the molecule is CCOc1ccc(C(Cl)c2cc3ccccc3s2)c(Br)c1. The molecule has 0 radical (unpaired) electrons. The van der Waals surface area contributed by atoms with E-state index >= 15 is 0 Å². The van der Waals surface area contributed by atoms with Crippen LogP contribution in [-0.4, -0.2) is 6.61 Å². The van der Waals surface area contributed by atoms with Crippen LogP contribution in [0.5, 0.6) is 5.75 Å². The fourth-order valence-electron chi connectivity index (χ4n) is 2.25. The van der Waals surface area contributed by atoms with E-state index in [0.717, 1.165) is 20.7 Å². The molecule has 0 amide bonds. The van der Waals surface area contributed by atoms with Gasteiger partial charge in [-0.2, -0.15) is 0 Å². The zero-order valence-corrected chi connectivity index (χ0v) is 14.6. The van der Waals surface area contributed by atoms with Crippen LogP contribution in [0.25, 0.3) is 10.1 Å². The lowest BCUT2D eigenvalue weighted by atomic mass is 10.1. The van der Waals surface area contributed by atoms with Crippen LogP contribution < -0.4 is 4.74 Å². The van der Waals surface area contributed by atoms with Crippen molar-refractivity contribution in [2.24, 2.45) is 0 Å². The standard InChI is InChI=1S/C17H14BrClOS/c1-2-20-12-7-8-13(14(18)10-12)17(19)16-9-11-5-3-4-6-15(11)21-16/h3-10,17H,2H2,1H3. The van der Waals surface area contributed by atoms with E-state index in [1.165, 1.54) is 10.1 Å². The zero-order valence-electron chi connectivity index (χ0n) is 11.5. The van der Waals surface area contributed by atoms with Crippen molar-refractivity contribution in [3.05, 3.63) is 63.4 Å². The molecule has 1 unspecified atom stereocenters. The Balaban J connectivity index is 1.95. The molecular weight excluding hydrogens is 368 g/mol. The summed E-state index contributed by atoms with van der Waals surface area (Å²) in [6.07, 6.45) is 0. The predicted octanol–water partition coefficient (Wildman–Crippen LogP) is 6.39. The summed E-state index contributed by atoms with van der Waals surface area (Å²) in [7, 11) is 0. The highest BCUT2D eigenvalue weighted by atomic mass is 79.9. The summed E-state index contributed by atoms with van der Waals surface area (Å²) in [6, 6.07) is 16.5. The van der Waals surface area contributed by atoms with E-state index in [0.29, 0.717) is 6.61 Å². The molecule has 3 rings (SSSR count). The summed E-state index contributed by atoms with van der Waals surface area (Å²) in [5.41, 5.74) is 1.06. The Labute approximate surface area is 141 Å². The van der Waals surface area contributed by atoms with E-state index in [1.807, 2.05) is 25.1 Å². The van der Waals surface area contributed by atoms with Crippen LogP contribution in [0.1, 0.15) is 22.7 Å². The van der Waals surface area contributed by atoms with Gasteiger partial charge in [0.25, 0.3) is 0 Å². The highest BCUT2D eigenvalue weighted by Gasteiger charge is 2.17. The summed E-state index contributed by atoms with van der Waals surface area (Å²) in [5, 5.41) is 1.08. The van der Waals surface area contributed by atoms with Crippen molar-refractivity contribution in [1.29, 1.82) is 0 Å². The van der Waals surface area contributed by atoms with Gasteiger partial charge in [0.05, 0.1) is 12.0 Å². The molecule has 0 bridgehead atoms. The number of hydrogen-bond acceptors (Lipinski definition) is 2. The lowest BCUT2D eigenvalue weighted by molar-refractivity contribution is 0.340. The Morgan fingerprint density at radius 1 is 1.19 bits per heavy atom. The van der Waals surface area contributed by atoms with Crippen molar-refractivity contribution in [2.45, 2.75) is 12.3 Å². The van der Waals surface area contributed by atoms with Gasteiger partial charge in [0.2, 0.25) is 0 Å². The van der Waals surface area contributed by atoms with E-state index in [-0.39, 0.29) is 5.38 Å². The molecule has 0 fully saturated rings. The number of ether oxygens (including phenoxy) is 1. The molecule has 0 aliphatic rings. The molecule has 108 valence electrons. The summed E-state index contributed by atoms with van der Waals surface area (Å²) in [5.74, 6) is 0.855. The molecule has 4 heteroatoms. The highest BCUT2D eigenvalue weighted by Crippen LogP contribution is 2.40. The predicted molar refractivity (Wildman–Crippen MR) is 94.8 cm³/mol. The summed E-state index contributed by atoms with van der Waals surface area (Å²) < 4.78 is 7.75. The first-order valence-corrected chi connectivity index (χ1v) is 8.78. The van der Waals surface area contributed by atoms with Gasteiger partial charge in [0.1, 0.15) is 5.75 Å². The minimum absolute atomic E-state index is 0.160. The van der Waals surface area contributed by atoms with Crippen molar-refractivity contribution in [3.63, 3.8) is 0 Å². The lowest BCUT2D eigenvalue weighted by Gasteiger charge is -2.12. The monoisotopic (exact) mass is 380 g/mol. The molecule has 1 aromatic heterocycles. The van der Waals surface area contributed by atoms with E-state index in [9.17, 15) is 0 Å². The maximum Gasteiger partial charge on any atom is 0.120 e. The second-order valence-electron chi connectivity index (χ2n) is 4.67. The molecule has 0 saturated heterocycles. The zero-order chi connectivity index (χ0) is 14.8. The minimum atomic E-state index is -0.160. The molecule has 1 atom stereocenters. The van der Waals surface area contributed by atoms with Crippen molar-refractivity contribution >= 4 is 49.0 Å². The molecule has 21 heavy (non-hydrogen) atoms. The number of rotatable bonds is 4. The van der Waals surface area contributed by atoms with Crippen LogP contribution >= 0.6 is 38.9 Å². The Morgan fingerprint density at radius 2 is 2.00 bits per heavy atom. The largest absolute Gasteiger partial charge is 0.494 e. The minimum Gasteiger partial charge on any atom is -0.494 e. The molecule has 2 aromatic carbocycles. The van der Waals surface area contributed by atoms with Gasteiger partial charge in [-0.1, -0.05) is 40.2 Å². The first-order chi connectivity index (χ1) is 10.2. The molecule has 3 aromatic rings. The van der Waals surface area contributed by atoms with E-state index in [4.69, 9.17) is 16.3 Å². The van der Waals surface area contributed by atoms with Gasteiger partial charge >= 0.3 is 0 Å². The van der Waals surface area contributed by atoms with Gasteiger partial charge in [0.15, 0.2) is 0 Å². The third kappa shape index (κ3) is 3.10. The maximum atomic E-state index is 6.68. The molecular formula is C17H14BrClOS. The molecule has 1 heterocycles. The molecule has 0 saturated carbocycles. The van der Waals surface area contributed by atoms with E-state index in [1.54, 1.807) is 11.3 Å². The van der Waals surface area contributed by atoms with Crippen molar-refractivity contribution in [1.82, 2.24) is 0 Å². The van der Waals surface area contributed by atoms with Gasteiger partial charge < -0.3 is 4.74 Å².